The van der Waals surface area contributed by atoms with Crippen molar-refractivity contribution in [3.8, 4) is 0 Å². The van der Waals surface area contributed by atoms with E-state index in [-0.39, 0.29) is 5.78 Å². The summed E-state index contributed by atoms with van der Waals surface area (Å²) in [7, 11) is 0. The number of pyridine rings is 1. The first-order valence-corrected chi connectivity index (χ1v) is 4.66. The van der Waals surface area contributed by atoms with Gasteiger partial charge in [0, 0.05) is 13.1 Å². The van der Waals surface area contributed by atoms with Gasteiger partial charge in [0.05, 0.1) is 0 Å². The fraction of sp³-hybridized carbons (Fsp3) is 0.455. The lowest BCUT2D eigenvalue weighted by atomic mass is 10.1. The van der Waals surface area contributed by atoms with Gasteiger partial charge in [0.15, 0.2) is 5.78 Å². The van der Waals surface area contributed by atoms with Gasteiger partial charge in [0.25, 0.3) is 0 Å². The molecule has 0 spiro atoms. The van der Waals surface area contributed by atoms with E-state index in [1.807, 2.05) is 13.1 Å². The molecule has 0 radical (unpaired) electrons. The monoisotopic (exact) mass is 175 g/mol. The lowest BCUT2D eigenvalue weighted by molar-refractivity contribution is 0.101. The minimum Gasteiger partial charge on any atom is -0.293 e. The van der Waals surface area contributed by atoms with E-state index in [2.05, 4.69) is 11.1 Å². The van der Waals surface area contributed by atoms with Gasteiger partial charge in [-0.3, -0.25) is 9.78 Å². The van der Waals surface area contributed by atoms with Crippen LogP contribution in [0.3, 0.4) is 0 Å². The Morgan fingerprint density at radius 3 is 2.69 bits per heavy atom. The molecular formula is C11H13NO. The van der Waals surface area contributed by atoms with Crippen molar-refractivity contribution in [1.29, 1.82) is 0 Å². The maximum atomic E-state index is 11.1. The second kappa shape index (κ2) is 2.95. The zero-order valence-corrected chi connectivity index (χ0v) is 8.00. The molecule has 0 saturated heterocycles. The Morgan fingerprint density at radius 1 is 1.54 bits per heavy atom. The summed E-state index contributed by atoms with van der Waals surface area (Å²) in [5.74, 6) is 0.770. The van der Waals surface area contributed by atoms with Crippen LogP contribution in [0.2, 0.25) is 0 Å². The molecule has 2 rings (SSSR count). The van der Waals surface area contributed by atoms with Gasteiger partial charge in [-0.05, 0) is 36.8 Å². The fourth-order valence-corrected chi connectivity index (χ4v) is 1.61. The average Bonchev–Trinajstić information content (AvgIpc) is 2.85. The molecule has 0 bridgehead atoms. The predicted octanol–water partition coefficient (Wildman–Crippen LogP) is 2.47. The lowest BCUT2D eigenvalue weighted by Gasteiger charge is -2.03. The quantitative estimate of drug-likeness (QED) is 0.646. The van der Waals surface area contributed by atoms with Crippen molar-refractivity contribution >= 4 is 5.78 Å². The lowest BCUT2D eigenvalue weighted by Crippen LogP contribution is -2.00. The van der Waals surface area contributed by atoms with E-state index in [0.717, 1.165) is 5.56 Å². The number of carbonyl (C=O) groups is 1. The zero-order chi connectivity index (χ0) is 9.42. The summed E-state index contributed by atoms with van der Waals surface area (Å²) in [6, 6.07) is 2.10. The number of ketones is 1. The van der Waals surface area contributed by atoms with Crippen LogP contribution in [-0.2, 0) is 0 Å². The van der Waals surface area contributed by atoms with Gasteiger partial charge in [-0.15, -0.1) is 0 Å². The summed E-state index contributed by atoms with van der Waals surface area (Å²) < 4.78 is 0. The van der Waals surface area contributed by atoms with E-state index in [0.29, 0.717) is 11.6 Å². The molecular weight excluding hydrogens is 162 g/mol. The van der Waals surface area contributed by atoms with Gasteiger partial charge in [-0.1, -0.05) is 6.07 Å². The molecule has 13 heavy (non-hydrogen) atoms. The normalized spacial score (nSPS) is 15.8. The largest absolute Gasteiger partial charge is 0.293 e. The summed E-state index contributed by atoms with van der Waals surface area (Å²) in [6.07, 6.45) is 4.41. The summed E-state index contributed by atoms with van der Waals surface area (Å²) in [5.41, 5.74) is 2.92. The Kier molecular flexibility index (Phi) is 1.91. The van der Waals surface area contributed by atoms with Crippen molar-refractivity contribution < 1.29 is 4.79 Å². The first-order valence-electron chi connectivity index (χ1n) is 4.66. The van der Waals surface area contributed by atoms with Crippen LogP contribution in [0.25, 0.3) is 0 Å². The van der Waals surface area contributed by atoms with Gasteiger partial charge in [-0.25, -0.2) is 0 Å². The van der Waals surface area contributed by atoms with Crippen LogP contribution < -0.4 is 0 Å². The van der Waals surface area contributed by atoms with Crippen molar-refractivity contribution in [3.63, 3.8) is 0 Å². The first-order chi connectivity index (χ1) is 6.18. The molecule has 0 N–H and O–H groups in total. The van der Waals surface area contributed by atoms with E-state index in [9.17, 15) is 4.79 Å². The molecule has 1 aliphatic carbocycles. The van der Waals surface area contributed by atoms with Crippen molar-refractivity contribution in [2.24, 2.45) is 0 Å². The van der Waals surface area contributed by atoms with Gasteiger partial charge in [0.1, 0.15) is 5.69 Å². The Labute approximate surface area is 78.0 Å². The molecule has 1 fully saturated rings. The molecule has 1 saturated carbocycles. The second-order valence-electron chi connectivity index (χ2n) is 3.76. The highest BCUT2D eigenvalue weighted by Crippen LogP contribution is 2.39. The van der Waals surface area contributed by atoms with Crippen LogP contribution in [0, 0.1) is 6.92 Å². The molecule has 0 atom stereocenters. The summed E-state index contributed by atoms with van der Waals surface area (Å²) in [5, 5.41) is 0. The van der Waals surface area contributed by atoms with Crippen molar-refractivity contribution in [2.75, 3.05) is 0 Å². The third-order valence-electron chi connectivity index (χ3n) is 2.48. The second-order valence-corrected chi connectivity index (χ2v) is 3.76. The third-order valence-corrected chi connectivity index (χ3v) is 2.48. The Morgan fingerprint density at radius 2 is 2.23 bits per heavy atom. The van der Waals surface area contributed by atoms with Crippen LogP contribution >= 0.6 is 0 Å². The standard InChI is InChI=1S/C11H13NO/c1-7-5-10(9-3-4-9)6-12-11(7)8(2)13/h5-6,9H,3-4H2,1-2H3. The molecule has 1 aromatic heterocycles. The first kappa shape index (κ1) is 8.42. The summed E-state index contributed by atoms with van der Waals surface area (Å²) in [4.78, 5) is 15.3. The summed E-state index contributed by atoms with van der Waals surface area (Å²) in [6.45, 7) is 3.52. The highest BCUT2D eigenvalue weighted by atomic mass is 16.1. The number of aromatic nitrogens is 1. The number of carbonyl (C=O) groups excluding carboxylic acids is 1. The van der Waals surface area contributed by atoms with E-state index >= 15 is 0 Å². The highest BCUT2D eigenvalue weighted by molar-refractivity contribution is 5.93. The summed E-state index contributed by atoms with van der Waals surface area (Å²) >= 11 is 0. The molecule has 1 heterocycles. The molecule has 0 amide bonds. The highest BCUT2D eigenvalue weighted by Gasteiger charge is 2.24. The molecule has 0 aromatic carbocycles. The molecule has 0 aliphatic heterocycles. The van der Waals surface area contributed by atoms with Gasteiger partial charge in [-0.2, -0.15) is 0 Å². The Bertz CT molecular complexity index is 353. The van der Waals surface area contributed by atoms with Gasteiger partial charge >= 0.3 is 0 Å². The van der Waals surface area contributed by atoms with E-state index in [4.69, 9.17) is 0 Å². The Balaban J connectivity index is 2.36. The van der Waals surface area contributed by atoms with E-state index in [1.54, 1.807) is 6.92 Å². The number of Topliss-reactive ketones (excluding diaryl/α,β-unsaturated/α-hetero) is 1. The third kappa shape index (κ3) is 1.62. The maximum absolute atomic E-state index is 11.1. The SMILES string of the molecule is CC(=O)c1ncc(C2CC2)cc1C. The van der Waals surface area contributed by atoms with Crippen LogP contribution in [0.5, 0.6) is 0 Å². The molecule has 0 unspecified atom stereocenters. The number of rotatable bonds is 2. The van der Waals surface area contributed by atoms with Gasteiger partial charge < -0.3 is 0 Å². The van der Waals surface area contributed by atoms with Crippen molar-refractivity contribution in [3.05, 3.63) is 29.1 Å². The van der Waals surface area contributed by atoms with Crippen LogP contribution in [0.15, 0.2) is 12.3 Å². The predicted molar refractivity (Wildman–Crippen MR) is 51.0 cm³/mol. The van der Waals surface area contributed by atoms with Crippen molar-refractivity contribution in [1.82, 2.24) is 4.98 Å². The molecule has 2 heteroatoms. The van der Waals surface area contributed by atoms with Crippen LogP contribution in [-0.4, -0.2) is 10.8 Å². The zero-order valence-electron chi connectivity index (χ0n) is 8.00. The smallest absolute Gasteiger partial charge is 0.178 e. The van der Waals surface area contributed by atoms with E-state index < -0.39 is 0 Å². The fourth-order valence-electron chi connectivity index (χ4n) is 1.61. The number of aryl methyl sites for hydroxylation is 1. The molecule has 1 aromatic rings. The maximum Gasteiger partial charge on any atom is 0.178 e. The van der Waals surface area contributed by atoms with Crippen LogP contribution in [0.4, 0.5) is 0 Å². The molecule has 2 nitrogen and oxygen atoms in total. The van der Waals surface area contributed by atoms with E-state index in [1.165, 1.54) is 18.4 Å². The number of nitrogens with zero attached hydrogens (tertiary/aromatic N) is 1. The molecule has 68 valence electrons. The number of hydrogen-bond donors (Lipinski definition) is 0. The average molecular weight is 175 g/mol. The Hall–Kier alpha value is -1.18. The minimum absolute atomic E-state index is 0.0554. The van der Waals surface area contributed by atoms with Crippen molar-refractivity contribution in [2.45, 2.75) is 32.6 Å². The molecule has 1 aliphatic rings. The van der Waals surface area contributed by atoms with Crippen LogP contribution in [0.1, 0.15) is 47.3 Å². The minimum atomic E-state index is 0.0554. The number of hydrogen-bond acceptors (Lipinski definition) is 2. The van der Waals surface area contributed by atoms with Gasteiger partial charge in [0.2, 0.25) is 0 Å². The topological polar surface area (TPSA) is 30.0 Å².